The van der Waals surface area contributed by atoms with Crippen molar-refractivity contribution in [3.8, 4) is 5.75 Å². The van der Waals surface area contributed by atoms with Crippen molar-refractivity contribution in [1.82, 2.24) is 29.7 Å². The summed E-state index contributed by atoms with van der Waals surface area (Å²) in [6.07, 6.45) is -2.71. The number of nitrogens with zero attached hydrogens (tertiary/aromatic N) is 4. The van der Waals surface area contributed by atoms with Crippen molar-refractivity contribution in [2.45, 2.75) is 70.7 Å². The van der Waals surface area contributed by atoms with Gasteiger partial charge < -0.3 is 41.1 Å². The summed E-state index contributed by atoms with van der Waals surface area (Å²) in [5.74, 6) is -2.27. The first-order valence-corrected chi connectivity index (χ1v) is 19.9. The Morgan fingerprint density at radius 1 is 1.04 bits per heavy atom. The van der Waals surface area contributed by atoms with Crippen LogP contribution in [0, 0.1) is 18.8 Å². The Morgan fingerprint density at radius 2 is 1.74 bits per heavy atom. The molecule has 0 saturated carbocycles. The third-order valence-electron chi connectivity index (χ3n) is 8.71. The van der Waals surface area contributed by atoms with E-state index in [1.54, 1.807) is 18.7 Å². The predicted octanol–water partition coefficient (Wildman–Crippen LogP) is 3.06. The second kappa shape index (κ2) is 18.5. The zero-order valence-corrected chi connectivity index (χ0v) is 32.6. The van der Waals surface area contributed by atoms with E-state index in [2.05, 4.69) is 15.6 Å². The van der Waals surface area contributed by atoms with Gasteiger partial charge in [-0.2, -0.15) is 4.31 Å². The van der Waals surface area contributed by atoms with Crippen LogP contribution < -0.4 is 16.0 Å². The van der Waals surface area contributed by atoms with Gasteiger partial charge in [0.2, 0.25) is 21.8 Å². The van der Waals surface area contributed by atoms with Gasteiger partial charge in [-0.3, -0.25) is 9.59 Å². The molecular formula is C36H49N7O9S2. The molecule has 6 N–H and O–H groups in total. The van der Waals surface area contributed by atoms with Crippen LogP contribution in [0.15, 0.2) is 58.8 Å². The molecule has 1 fully saturated rings. The van der Waals surface area contributed by atoms with E-state index in [9.17, 15) is 37.8 Å². The minimum absolute atomic E-state index is 0.0260. The van der Waals surface area contributed by atoms with Gasteiger partial charge in [-0.05, 0) is 48.9 Å². The number of carbonyl (C=O) groups is 4. The number of sulfonamides is 1. The standard InChI is InChI=1S/C36H49N7O9S2/c1-22(2)18-42(54(51,52)27-11-12-30(44)29(16-27)39-32(46)17-37-35(48)49)20-31(45)28(15-25-9-7-6-8-10-25)40-34(47)33(23(3)4)43-14-13-41(36(43)50)19-26-21-53-24(5)38-26/h6-12,16,21-23,28,31,33,37,44-45H,13-15,17-20H2,1-5H3,(H,39,46)(H,40,47)(H,48,49)/t28-,31+,33-/m0/s1. The van der Waals surface area contributed by atoms with E-state index in [4.69, 9.17) is 5.11 Å². The lowest BCUT2D eigenvalue weighted by Crippen LogP contribution is -2.57. The van der Waals surface area contributed by atoms with Crippen LogP contribution in [0.1, 0.15) is 44.0 Å². The van der Waals surface area contributed by atoms with Crippen LogP contribution in [0.25, 0.3) is 0 Å². The van der Waals surface area contributed by atoms with Gasteiger partial charge >= 0.3 is 12.1 Å². The number of rotatable bonds is 18. The fraction of sp³-hybridized carbons (Fsp3) is 0.472. The van der Waals surface area contributed by atoms with Gasteiger partial charge in [0.25, 0.3) is 0 Å². The molecule has 0 radical (unpaired) electrons. The Balaban J connectivity index is 1.58. The quantitative estimate of drug-likeness (QED) is 0.103. The van der Waals surface area contributed by atoms with Crippen molar-refractivity contribution in [3.05, 3.63) is 70.2 Å². The number of hydrogen-bond acceptors (Lipinski definition) is 10. The number of carbonyl (C=O) groups excluding carboxylic acids is 3. The lowest BCUT2D eigenvalue weighted by atomic mass is 9.97. The van der Waals surface area contributed by atoms with Gasteiger partial charge in [-0.1, -0.05) is 58.0 Å². The molecule has 0 bridgehead atoms. The van der Waals surface area contributed by atoms with Crippen molar-refractivity contribution in [2.24, 2.45) is 11.8 Å². The molecule has 54 heavy (non-hydrogen) atoms. The number of urea groups is 1. The van der Waals surface area contributed by atoms with E-state index in [0.29, 0.717) is 19.6 Å². The van der Waals surface area contributed by atoms with E-state index in [1.807, 2.05) is 61.8 Å². The average Bonchev–Trinajstić information content (AvgIpc) is 3.68. The van der Waals surface area contributed by atoms with Gasteiger partial charge in [0.1, 0.15) is 18.3 Å². The summed E-state index contributed by atoms with van der Waals surface area (Å²) in [7, 11) is -4.38. The third-order valence-corrected chi connectivity index (χ3v) is 11.4. The van der Waals surface area contributed by atoms with E-state index in [1.165, 1.54) is 16.2 Å². The van der Waals surface area contributed by atoms with E-state index >= 15 is 0 Å². The van der Waals surface area contributed by atoms with Crippen LogP contribution in [-0.2, 0) is 32.6 Å². The zero-order valence-electron chi connectivity index (χ0n) is 30.9. The van der Waals surface area contributed by atoms with Crippen molar-refractivity contribution >= 4 is 51.0 Å². The first-order chi connectivity index (χ1) is 25.5. The SMILES string of the molecule is Cc1nc(CN2CCN([C@H](C(=O)N[C@@H](Cc3ccccc3)[C@H](O)CN(CC(C)C)S(=O)(=O)c3ccc(O)c(NC(=O)CNC(=O)O)c3)C(C)C)C2=O)cs1. The molecule has 1 aliphatic heterocycles. The highest BCUT2D eigenvalue weighted by Gasteiger charge is 2.40. The molecule has 3 aromatic rings. The number of aliphatic hydroxyl groups excluding tert-OH is 1. The number of nitrogens with one attached hydrogen (secondary N) is 3. The molecule has 18 heteroatoms. The molecule has 2 aromatic carbocycles. The van der Waals surface area contributed by atoms with E-state index in [0.717, 1.165) is 38.8 Å². The number of carboxylic acid groups (broad SMARTS) is 1. The highest BCUT2D eigenvalue weighted by Crippen LogP contribution is 2.29. The smallest absolute Gasteiger partial charge is 0.405 e. The summed E-state index contributed by atoms with van der Waals surface area (Å²) in [5.41, 5.74) is 1.29. The third kappa shape index (κ3) is 11.1. The maximum Gasteiger partial charge on any atom is 0.405 e. The largest absolute Gasteiger partial charge is 0.506 e. The topological polar surface area (TPSA) is 222 Å². The van der Waals surface area contributed by atoms with Crippen LogP contribution in [-0.4, -0.2) is 118 Å². The molecule has 0 spiro atoms. The maximum absolute atomic E-state index is 14.1. The van der Waals surface area contributed by atoms with Crippen LogP contribution in [0.2, 0.25) is 0 Å². The summed E-state index contributed by atoms with van der Waals surface area (Å²) < 4.78 is 29.3. The highest BCUT2D eigenvalue weighted by molar-refractivity contribution is 7.89. The molecule has 1 saturated heterocycles. The summed E-state index contributed by atoms with van der Waals surface area (Å²) in [5, 5.41) is 40.9. The van der Waals surface area contributed by atoms with Crippen LogP contribution in [0.5, 0.6) is 5.75 Å². The number of aryl methyl sites for hydroxylation is 1. The van der Waals surface area contributed by atoms with Crippen LogP contribution >= 0.6 is 11.3 Å². The van der Waals surface area contributed by atoms with E-state index in [-0.39, 0.29) is 41.4 Å². The molecule has 294 valence electrons. The Kier molecular flexibility index (Phi) is 14.4. The average molecular weight is 788 g/mol. The van der Waals surface area contributed by atoms with Gasteiger partial charge in [0, 0.05) is 31.6 Å². The van der Waals surface area contributed by atoms with Gasteiger partial charge in [0.15, 0.2) is 0 Å². The Morgan fingerprint density at radius 3 is 2.35 bits per heavy atom. The number of aliphatic hydroxyl groups is 1. The molecule has 0 unspecified atom stereocenters. The Hall–Kier alpha value is -4.78. The molecule has 0 aliphatic carbocycles. The number of aromatic nitrogens is 1. The number of hydrogen-bond donors (Lipinski definition) is 6. The lowest BCUT2D eigenvalue weighted by Gasteiger charge is -2.34. The molecule has 1 aromatic heterocycles. The highest BCUT2D eigenvalue weighted by atomic mass is 32.2. The number of anilines is 1. The van der Waals surface area contributed by atoms with Crippen molar-refractivity contribution in [1.29, 1.82) is 0 Å². The molecule has 5 amide bonds. The van der Waals surface area contributed by atoms with Crippen molar-refractivity contribution < 1.29 is 42.9 Å². The number of phenolic OH excluding ortho intramolecular Hbond substituents is 1. The summed E-state index contributed by atoms with van der Waals surface area (Å²) >= 11 is 1.49. The number of benzene rings is 2. The summed E-state index contributed by atoms with van der Waals surface area (Å²) in [4.78, 5) is 58.1. The number of thiazole rings is 1. The fourth-order valence-corrected chi connectivity index (χ4v) is 8.45. The molecule has 2 heterocycles. The normalized spacial score (nSPS) is 15.1. The second-order valence-corrected chi connectivity index (χ2v) is 16.9. The Bertz CT molecular complexity index is 1890. The van der Waals surface area contributed by atoms with Crippen LogP contribution in [0.3, 0.4) is 0 Å². The lowest BCUT2D eigenvalue weighted by molar-refractivity contribution is -0.128. The number of phenols is 1. The van der Waals surface area contributed by atoms with Crippen molar-refractivity contribution in [2.75, 3.05) is 38.0 Å². The molecule has 1 aliphatic rings. The van der Waals surface area contributed by atoms with Gasteiger partial charge in [-0.25, -0.2) is 23.0 Å². The summed E-state index contributed by atoms with van der Waals surface area (Å²) in [6, 6.07) is 10.2. The van der Waals surface area contributed by atoms with Crippen molar-refractivity contribution in [3.63, 3.8) is 0 Å². The number of aromatic hydroxyl groups is 1. The maximum atomic E-state index is 14.1. The minimum Gasteiger partial charge on any atom is -0.506 e. The molecule has 3 atom stereocenters. The second-order valence-electron chi connectivity index (χ2n) is 13.9. The Labute approximate surface area is 319 Å². The summed E-state index contributed by atoms with van der Waals surface area (Å²) in [6.45, 7) is 9.10. The monoisotopic (exact) mass is 787 g/mol. The molecule has 4 rings (SSSR count). The number of amides is 5. The predicted molar refractivity (Wildman–Crippen MR) is 202 cm³/mol. The molecule has 16 nitrogen and oxygen atoms in total. The molecular weight excluding hydrogens is 739 g/mol. The van der Waals surface area contributed by atoms with Crippen LogP contribution in [0.4, 0.5) is 15.3 Å². The zero-order chi connectivity index (χ0) is 39.7. The van der Waals surface area contributed by atoms with Gasteiger partial charge in [-0.15, -0.1) is 11.3 Å². The first kappa shape index (κ1) is 42.0. The van der Waals surface area contributed by atoms with Gasteiger partial charge in [0.05, 0.1) is 40.0 Å². The van der Waals surface area contributed by atoms with E-state index < -0.39 is 65.0 Å². The first-order valence-electron chi connectivity index (χ1n) is 17.5. The fourth-order valence-electron chi connectivity index (χ4n) is 6.20. The minimum atomic E-state index is -4.38.